The number of anilines is 1. The molecule has 1 atom stereocenters. The zero-order valence-electron chi connectivity index (χ0n) is 26.2. The van der Waals surface area contributed by atoms with Crippen LogP contribution < -0.4 is 5.32 Å². The maximum absolute atomic E-state index is 12.4. The first-order valence-corrected chi connectivity index (χ1v) is 14.9. The summed E-state index contributed by atoms with van der Waals surface area (Å²) in [5.74, 6) is -6.10. The number of carboxylic acids is 4. The van der Waals surface area contributed by atoms with Crippen LogP contribution >= 0.6 is 0 Å². The van der Waals surface area contributed by atoms with Crippen molar-refractivity contribution >= 4 is 47.3 Å². The van der Waals surface area contributed by atoms with Crippen molar-refractivity contribution in [2.45, 2.75) is 25.3 Å². The zero-order valence-corrected chi connectivity index (χ0v) is 26.2. The van der Waals surface area contributed by atoms with E-state index in [1.54, 1.807) is 29.2 Å². The Morgan fingerprint density at radius 2 is 1.31 bits per heavy atom. The number of carbonyl (C=O) groups is 7. The summed E-state index contributed by atoms with van der Waals surface area (Å²) in [5, 5.41) is 49.3. The predicted molar refractivity (Wildman–Crippen MR) is 166 cm³/mol. The number of nitrogens with one attached hydrogen (secondary N) is 1. The monoisotopic (exact) mass is 679 g/mol. The molecule has 1 heterocycles. The van der Waals surface area contributed by atoms with Crippen molar-refractivity contribution in [3.05, 3.63) is 42.0 Å². The number of amides is 3. The van der Waals surface area contributed by atoms with Crippen molar-refractivity contribution in [3.63, 3.8) is 0 Å². The molecule has 0 aromatic heterocycles. The van der Waals surface area contributed by atoms with Crippen LogP contribution in [0.15, 0.2) is 36.4 Å². The van der Waals surface area contributed by atoms with Crippen LogP contribution in [0.25, 0.3) is 0 Å². The number of nitrogens with zero attached hydrogens (tertiary/aromatic N) is 4. The molecule has 1 aliphatic heterocycles. The first kappa shape index (κ1) is 39.4. The number of aliphatic hydroxyl groups is 1. The van der Waals surface area contributed by atoms with Crippen molar-refractivity contribution in [2.75, 3.05) is 77.6 Å². The predicted octanol–water partition coefficient (Wildman–Crippen LogP) is -1.55. The maximum Gasteiger partial charge on any atom is 0.317 e. The Bertz CT molecular complexity index is 1290. The van der Waals surface area contributed by atoms with Gasteiger partial charge in [-0.05, 0) is 30.5 Å². The van der Waals surface area contributed by atoms with E-state index in [9.17, 15) is 43.8 Å². The van der Waals surface area contributed by atoms with Crippen molar-refractivity contribution in [3.8, 4) is 0 Å². The third-order valence-corrected chi connectivity index (χ3v) is 7.14. The number of aliphatic carboxylic acids is 4. The van der Waals surface area contributed by atoms with Gasteiger partial charge in [0.05, 0.1) is 32.8 Å². The van der Waals surface area contributed by atoms with Crippen LogP contribution in [-0.2, 0) is 44.7 Å². The molecular formula is C30H41N5O13. The standard InChI is InChI=1S/C30H41N5O13/c36-20-48-13-12-34(19-30(46)47)23(15-32(16-27(40)41)10-11-33(17-28(42)43)18-29(44)45)14-21-3-5-22(6-4-21)31-24(37)2-1-9-35-25(38)7-8-26(35)39/h3-8,23,36H,1-2,9-20H2,(H,31,37)(H,40,41)(H,42,43)(H,44,45)(H,46,47). The first-order chi connectivity index (χ1) is 22.8. The van der Waals surface area contributed by atoms with Gasteiger partial charge in [-0.25, -0.2) is 0 Å². The summed E-state index contributed by atoms with van der Waals surface area (Å²) in [6, 6.07) is 6.01. The topological polar surface area (TPSA) is 255 Å². The number of hydrogen-bond acceptors (Lipinski definition) is 12. The lowest BCUT2D eigenvalue weighted by Crippen LogP contribution is -2.51. The molecule has 48 heavy (non-hydrogen) atoms. The summed E-state index contributed by atoms with van der Waals surface area (Å²) in [4.78, 5) is 86.9. The molecular weight excluding hydrogens is 638 g/mol. The number of rotatable bonds is 25. The molecule has 0 bridgehead atoms. The molecule has 3 amide bonds. The highest BCUT2D eigenvalue weighted by atomic mass is 16.6. The van der Waals surface area contributed by atoms with Crippen LogP contribution in [0.1, 0.15) is 18.4 Å². The van der Waals surface area contributed by atoms with Gasteiger partial charge in [0.2, 0.25) is 5.91 Å². The van der Waals surface area contributed by atoms with E-state index in [2.05, 4.69) is 5.32 Å². The first-order valence-electron chi connectivity index (χ1n) is 14.9. The SMILES string of the molecule is O=C(O)CN(CCN(CC(=O)O)CC(Cc1ccc(NC(=O)CCCN2C(=O)C=CC2=O)cc1)N(CCOCO)CC(=O)O)CC(=O)O. The fourth-order valence-corrected chi connectivity index (χ4v) is 4.99. The Morgan fingerprint density at radius 1 is 0.771 bits per heavy atom. The van der Waals surface area contributed by atoms with E-state index in [1.165, 1.54) is 17.1 Å². The third kappa shape index (κ3) is 15.2. The second-order valence-corrected chi connectivity index (χ2v) is 10.9. The molecule has 1 aliphatic rings. The maximum atomic E-state index is 12.4. The Morgan fingerprint density at radius 3 is 1.85 bits per heavy atom. The minimum atomic E-state index is -1.26. The Balaban J connectivity index is 2.17. The van der Waals surface area contributed by atoms with Gasteiger partial charge < -0.3 is 35.6 Å². The van der Waals surface area contributed by atoms with Crippen LogP contribution in [0.5, 0.6) is 0 Å². The Labute approximate surface area is 275 Å². The molecule has 6 N–H and O–H groups in total. The number of carboxylic acid groups (broad SMARTS) is 4. The number of imide groups is 1. The van der Waals surface area contributed by atoms with Gasteiger partial charge in [0.1, 0.15) is 6.79 Å². The molecule has 0 fully saturated rings. The molecule has 264 valence electrons. The number of aliphatic hydroxyl groups excluding tert-OH is 1. The van der Waals surface area contributed by atoms with E-state index in [4.69, 9.17) is 20.1 Å². The smallest absolute Gasteiger partial charge is 0.317 e. The highest BCUT2D eigenvalue weighted by Gasteiger charge is 2.26. The largest absolute Gasteiger partial charge is 0.480 e. The lowest BCUT2D eigenvalue weighted by molar-refractivity contribution is -0.143. The van der Waals surface area contributed by atoms with E-state index in [0.29, 0.717) is 11.3 Å². The van der Waals surface area contributed by atoms with E-state index in [1.807, 2.05) is 0 Å². The molecule has 1 unspecified atom stereocenters. The fourth-order valence-electron chi connectivity index (χ4n) is 4.99. The number of benzene rings is 1. The van der Waals surface area contributed by atoms with Gasteiger partial charge in [0, 0.05) is 63.0 Å². The molecule has 0 aliphatic carbocycles. The molecule has 0 saturated carbocycles. The van der Waals surface area contributed by atoms with Crippen LogP contribution in [-0.4, -0.2) is 165 Å². The summed E-state index contributed by atoms with van der Waals surface area (Å²) >= 11 is 0. The third-order valence-electron chi connectivity index (χ3n) is 7.14. The molecule has 1 aromatic rings. The summed E-state index contributed by atoms with van der Waals surface area (Å²) in [6.45, 7) is -2.75. The Kier molecular flexibility index (Phi) is 16.8. The van der Waals surface area contributed by atoms with Gasteiger partial charge in [-0.15, -0.1) is 0 Å². The van der Waals surface area contributed by atoms with Gasteiger partial charge in [0.15, 0.2) is 0 Å². The molecule has 0 radical (unpaired) electrons. The second kappa shape index (κ2) is 20.5. The van der Waals surface area contributed by atoms with Crippen molar-refractivity contribution < 1.29 is 63.8 Å². The molecule has 0 spiro atoms. The number of hydrogen-bond donors (Lipinski definition) is 6. The van der Waals surface area contributed by atoms with E-state index >= 15 is 0 Å². The average molecular weight is 680 g/mol. The van der Waals surface area contributed by atoms with Crippen LogP contribution in [0.3, 0.4) is 0 Å². The zero-order chi connectivity index (χ0) is 35.6. The van der Waals surface area contributed by atoms with Gasteiger partial charge in [0.25, 0.3) is 11.8 Å². The minimum absolute atomic E-state index is 0.0112. The fraction of sp³-hybridized carbons (Fsp3) is 0.500. The van der Waals surface area contributed by atoms with Crippen molar-refractivity contribution in [1.29, 1.82) is 0 Å². The lowest BCUT2D eigenvalue weighted by Gasteiger charge is -2.35. The van der Waals surface area contributed by atoms with Crippen molar-refractivity contribution in [1.82, 2.24) is 19.6 Å². The highest BCUT2D eigenvalue weighted by Crippen LogP contribution is 2.16. The van der Waals surface area contributed by atoms with Crippen LogP contribution in [0.2, 0.25) is 0 Å². The van der Waals surface area contributed by atoms with E-state index in [-0.39, 0.29) is 64.5 Å². The molecule has 18 nitrogen and oxygen atoms in total. The quantitative estimate of drug-likeness (QED) is 0.0389. The summed E-state index contributed by atoms with van der Waals surface area (Å²) < 4.78 is 5.00. The van der Waals surface area contributed by atoms with Gasteiger partial charge >= 0.3 is 23.9 Å². The lowest BCUT2D eigenvalue weighted by atomic mass is 10.0. The van der Waals surface area contributed by atoms with Gasteiger partial charge in [-0.3, -0.25) is 53.2 Å². The van der Waals surface area contributed by atoms with E-state index < -0.39 is 74.7 Å². The average Bonchev–Trinajstić information content (AvgIpc) is 3.31. The Hall–Kier alpha value is -4.75. The highest BCUT2D eigenvalue weighted by molar-refractivity contribution is 6.12. The summed E-state index contributed by atoms with van der Waals surface area (Å²) in [7, 11) is 0. The van der Waals surface area contributed by atoms with Crippen molar-refractivity contribution in [2.24, 2.45) is 0 Å². The number of carbonyl (C=O) groups excluding carboxylic acids is 3. The normalized spacial score (nSPS) is 13.5. The second-order valence-electron chi connectivity index (χ2n) is 10.9. The molecule has 2 rings (SSSR count). The van der Waals surface area contributed by atoms with Gasteiger partial charge in [-0.2, -0.15) is 0 Å². The summed E-state index contributed by atoms with van der Waals surface area (Å²) in [5.41, 5.74) is 1.15. The molecule has 0 saturated heterocycles. The van der Waals surface area contributed by atoms with Gasteiger partial charge in [-0.1, -0.05) is 12.1 Å². The number of ether oxygens (including phenoxy) is 1. The van der Waals surface area contributed by atoms with Crippen LogP contribution in [0, 0.1) is 0 Å². The molecule has 18 heteroatoms. The minimum Gasteiger partial charge on any atom is -0.480 e. The van der Waals surface area contributed by atoms with E-state index in [0.717, 1.165) is 9.80 Å². The molecule has 1 aromatic carbocycles. The van der Waals surface area contributed by atoms with Crippen LogP contribution in [0.4, 0.5) is 5.69 Å². The summed E-state index contributed by atoms with van der Waals surface area (Å²) in [6.07, 6.45) is 2.86.